The third kappa shape index (κ3) is 4.48. The molecule has 5 heteroatoms. The first-order valence-electron chi connectivity index (χ1n) is 7.70. The Morgan fingerprint density at radius 1 is 1.18 bits per heavy atom. The molecule has 0 unspecified atom stereocenters. The molecule has 0 radical (unpaired) electrons. The number of methoxy groups -OCH3 is 1. The van der Waals surface area contributed by atoms with Crippen LogP contribution in [-0.4, -0.2) is 31.6 Å². The molecule has 0 aliphatic heterocycles. The van der Waals surface area contributed by atoms with Crippen LogP contribution >= 0.6 is 0 Å². The Kier molecular flexibility index (Phi) is 5.81. The first-order valence-corrected chi connectivity index (χ1v) is 7.70. The minimum atomic E-state index is -0.505. The zero-order valence-corrected chi connectivity index (χ0v) is 13.1. The van der Waals surface area contributed by atoms with Crippen molar-refractivity contribution in [1.82, 2.24) is 5.32 Å². The van der Waals surface area contributed by atoms with Crippen LogP contribution in [0.15, 0.2) is 24.3 Å². The maximum absolute atomic E-state index is 11.9. The highest BCUT2D eigenvalue weighted by Crippen LogP contribution is 2.23. The summed E-state index contributed by atoms with van der Waals surface area (Å²) in [5.41, 5.74) is 0.402. The van der Waals surface area contributed by atoms with E-state index in [1.807, 2.05) is 0 Å². The standard InChI is InChI=1S/C17H23NO4/c1-12-5-3-4-6-15(12)18-16(19)11-22-17(20)13-7-9-14(21-2)10-8-13/h7-10,12,15H,3-6,11H2,1-2H3,(H,18,19)/t12-,15-/m1/s1. The SMILES string of the molecule is COc1ccc(C(=O)OCC(=O)N[C@@H]2CCCC[C@H]2C)cc1. The quantitative estimate of drug-likeness (QED) is 0.849. The zero-order chi connectivity index (χ0) is 15.9. The van der Waals surface area contributed by atoms with Gasteiger partial charge >= 0.3 is 5.97 Å². The molecule has 2 rings (SSSR count). The van der Waals surface area contributed by atoms with Gasteiger partial charge in [0.1, 0.15) is 5.75 Å². The molecule has 5 nitrogen and oxygen atoms in total. The second-order valence-corrected chi connectivity index (χ2v) is 5.74. The molecule has 2 atom stereocenters. The molecule has 0 heterocycles. The first-order chi connectivity index (χ1) is 10.6. The predicted molar refractivity (Wildman–Crippen MR) is 82.8 cm³/mol. The van der Waals surface area contributed by atoms with E-state index < -0.39 is 5.97 Å². The molecule has 1 aliphatic rings. The highest BCUT2D eigenvalue weighted by Gasteiger charge is 2.23. The van der Waals surface area contributed by atoms with Gasteiger partial charge in [0.2, 0.25) is 0 Å². The lowest BCUT2D eigenvalue weighted by atomic mass is 9.86. The van der Waals surface area contributed by atoms with E-state index in [0.717, 1.165) is 19.3 Å². The Morgan fingerprint density at radius 3 is 2.50 bits per heavy atom. The van der Waals surface area contributed by atoms with Gasteiger partial charge in [-0.2, -0.15) is 0 Å². The number of hydrogen-bond donors (Lipinski definition) is 1. The average molecular weight is 305 g/mol. The lowest BCUT2D eigenvalue weighted by Gasteiger charge is -2.29. The number of carbonyl (C=O) groups is 2. The van der Waals surface area contributed by atoms with Crippen LogP contribution in [0.4, 0.5) is 0 Å². The van der Waals surface area contributed by atoms with Gasteiger partial charge in [-0.1, -0.05) is 19.8 Å². The molecule has 0 bridgehead atoms. The fourth-order valence-electron chi connectivity index (χ4n) is 2.72. The number of nitrogens with one attached hydrogen (secondary N) is 1. The minimum absolute atomic E-state index is 0.195. The maximum atomic E-state index is 11.9. The molecule has 1 amide bonds. The zero-order valence-electron chi connectivity index (χ0n) is 13.1. The highest BCUT2D eigenvalue weighted by atomic mass is 16.5. The largest absolute Gasteiger partial charge is 0.497 e. The van der Waals surface area contributed by atoms with Gasteiger partial charge in [0, 0.05) is 6.04 Å². The van der Waals surface area contributed by atoms with Gasteiger partial charge in [0.25, 0.3) is 5.91 Å². The summed E-state index contributed by atoms with van der Waals surface area (Å²) in [7, 11) is 1.56. The van der Waals surface area contributed by atoms with Gasteiger partial charge in [-0.05, 0) is 43.0 Å². The number of esters is 1. The van der Waals surface area contributed by atoms with Crippen molar-refractivity contribution in [2.45, 2.75) is 38.6 Å². The van der Waals surface area contributed by atoms with E-state index in [-0.39, 0.29) is 18.6 Å². The van der Waals surface area contributed by atoms with Crippen molar-refractivity contribution >= 4 is 11.9 Å². The van der Waals surface area contributed by atoms with Crippen LogP contribution < -0.4 is 10.1 Å². The Bertz CT molecular complexity index is 512. The second-order valence-electron chi connectivity index (χ2n) is 5.74. The van der Waals surface area contributed by atoms with Crippen LogP contribution in [0, 0.1) is 5.92 Å². The molecule has 0 saturated heterocycles. The molecule has 1 aliphatic carbocycles. The van der Waals surface area contributed by atoms with Gasteiger partial charge < -0.3 is 14.8 Å². The monoisotopic (exact) mass is 305 g/mol. The van der Waals surface area contributed by atoms with E-state index in [0.29, 0.717) is 17.2 Å². The van der Waals surface area contributed by atoms with Gasteiger partial charge in [0.05, 0.1) is 12.7 Å². The van der Waals surface area contributed by atoms with E-state index >= 15 is 0 Å². The Hall–Kier alpha value is -2.04. The number of carbonyl (C=O) groups excluding carboxylic acids is 2. The van der Waals surface area contributed by atoms with Crippen molar-refractivity contribution in [2.75, 3.05) is 13.7 Å². The van der Waals surface area contributed by atoms with Gasteiger partial charge in [-0.25, -0.2) is 4.79 Å². The summed E-state index contributed by atoms with van der Waals surface area (Å²) in [5.74, 6) is 0.408. The number of rotatable bonds is 5. The minimum Gasteiger partial charge on any atom is -0.497 e. The second kappa shape index (κ2) is 7.82. The van der Waals surface area contributed by atoms with E-state index in [4.69, 9.17) is 9.47 Å². The highest BCUT2D eigenvalue weighted by molar-refractivity contribution is 5.91. The van der Waals surface area contributed by atoms with Crippen molar-refractivity contribution < 1.29 is 19.1 Å². The van der Waals surface area contributed by atoms with Crippen LogP contribution in [-0.2, 0) is 9.53 Å². The number of ether oxygens (including phenoxy) is 2. The third-order valence-corrected chi connectivity index (χ3v) is 4.12. The molecule has 1 fully saturated rings. The summed E-state index contributed by atoms with van der Waals surface area (Å²) in [4.78, 5) is 23.7. The predicted octanol–water partition coefficient (Wildman–Crippen LogP) is 2.55. The van der Waals surface area contributed by atoms with Gasteiger partial charge in [0.15, 0.2) is 6.61 Å². The summed E-state index contributed by atoms with van der Waals surface area (Å²) in [6, 6.07) is 6.78. The van der Waals surface area contributed by atoms with E-state index in [9.17, 15) is 9.59 Å². The first kappa shape index (κ1) is 16.3. The van der Waals surface area contributed by atoms with Crippen molar-refractivity contribution in [1.29, 1.82) is 0 Å². The van der Waals surface area contributed by atoms with Crippen molar-refractivity contribution in [3.63, 3.8) is 0 Å². The Balaban J connectivity index is 1.78. The lowest BCUT2D eigenvalue weighted by Crippen LogP contribution is -2.42. The molecule has 1 aromatic carbocycles. The van der Waals surface area contributed by atoms with Gasteiger partial charge in [-0.15, -0.1) is 0 Å². The molecule has 1 N–H and O–H groups in total. The number of hydrogen-bond acceptors (Lipinski definition) is 4. The van der Waals surface area contributed by atoms with Gasteiger partial charge in [-0.3, -0.25) is 4.79 Å². The fourth-order valence-corrected chi connectivity index (χ4v) is 2.72. The summed E-state index contributed by atoms with van der Waals surface area (Å²) in [5, 5.41) is 2.96. The normalized spacial score (nSPS) is 21.0. The summed E-state index contributed by atoms with van der Waals surface area (Å²) < 4.78 is 10.1. The number of benzene rings is 1. The molecule has 22 heavy (non-hydrogen) atoms. The lowest BCUT2D eigenvalue weighted by molar-refractivity contribution is -0.125. The molecular weight excluding hydrogens is 282 g/mol. The van der Waals surface area contributed by atoms with E-state index in [1.54, 1.807) is 31.4 Å². The molecule has 0 aromatic heterocycles. The van der Waals surface area contributed by atoms with Crippen LogP contribution in [0.1, 0.15) is 43.0 Å². The van der Waals surface area contributed by atoms with Crippen LogP contribution in [0.25, 0.3) is 0 Å². The van der Waals surface area contributed by atoms with Crippen molar-refractivity contribution in [2.24, 2.45) is 5.92 Å². The van der Waals surface area contributed by atoms with E-state index in [2.05, 4.69) is 12.2 Å². The molecule has 0 spiro atoms. The van der Waals surface area contributed by atoms with Crippen molar-refractivity contribution in [3.05, 3.63) is 29.8 Å². The fraction of sp³-hybridized carbons (Fsp3) is 0.529. The average Bonchev–Trinajstić information content (AvgIpc) is 2.55. The Labute approximate surface area is 131 Å². The van der Waals surface area contributed by atoms with Crippen LogP contribution in [0.5, 0.6) is 5.75 Å². The smallest absolute Gasteiger partial charge is 0.338 e. The maximum Gasteiger partial charge on any atom is 0.338 e. The van der Waals surface area contributed by atoms with Crippen LogP contribution in [0.2, 0.25) is 0 Å². The third-order valence-electron chi connectivity index (χ3n) is 4.12. The van der Waals surface area contributed by atoms with E-state index in [1.165, 1.54) is 6.42 Å². The topological polar surface area (TPSA) is 64.6 Å². The van der Waals surface area contributed by atoms with Crippen molar-refractivity contribution in [3.8, 4) is 5.75 Å². The molecule has 120 valence electrons. The Morgan fingerprint density at radius 2 is 1.86 bits per heavy atom. The summed E-state index contributed by atoms with van der Waals surface area (Å²) in [6.45, 7) is 1.90. The molecular formula is C17H23NO4. The molecule has 1 aromatic rings. The molecule has 1 saturated carbocycles. The van der Waals surface area contributed by atoms with Crippen LogP contribution in [0.3, 0.4) is 0 Å². The summed E-state index contributed by atoms with van der Waals surface area (Å²) in [6.07, 6.45) is 4.50. The number of amides is 1. The summed E-state index contributed by atoms with van der Waals surface area (Å²) >= 11 is 0.